The SMILES string of the molecule is O=CC(CC(=O)O)NS(=O)(=O)c1ccccc1OCCc1cccc2ncccc12. The predicted molar refractivity (Wildman–Crippen MR) is 110 cm³/mol. The molecular weight excluding hydrogens is 408 g/mol. The van der Waals surface area contributed by atoms with Gasteiger partial charge in [0.05, 0.1) is 24.6 Å². The van der Waals surface area contributed by atoms with E-state index in [2.05, 4.69) is 9.71 Å². The molecule has 0 radical (unpaired) electrons. The monoisotopic (exact) mass is 428 g/mol. The Morgan fingerprint density at radius 3 is 2.70 bits per heavy atom. The number of carbonyl (C=O) groups is 2. The van der Waals surface area contributed by atoms with Crippen molar-refractivity contribution in [1.82, 2.24) is 9.71 Å². The van der Waals surface area contributed by atoms with Crippen molar-refractivity contribution in [2.24, 2.45) is 0 Å². The fourth-order valence-electron chi connectivity index (χ4n) is 3.02. The van der Waals surface area contributed by atoms with Gasteiger partial charge in [-0.3, -0.25) is 9.78 Å². The number of benzene rings is 2. The van der Waals surface area contributed by atoms with Gasteiger partial charge in [-0.05, 0) is 29.8 Å². The molecule has 0 fully saturated rings. The molecule has 0 aliphatic carbocycles. The zero-order chi connectivity index (χ0) is 21.6. The molecule has 0 bridgehead atoms. The highest BCUT2D eigenvalue weighted by atomic mass is 32.2. The van der Waals surface area contributed by atoms with Gasteiger partial charge in [-0.2, -0.15) is 0 Å². The zero-order valence-corrected chi connectivity index (χ0v) is 16.7. The summed E-state index contributed by atoms with van der Waals surface area (Å²) >= 11 is 0. The number of carboxylic acid groups (broad SMARTS) is 1. The normalized spacial score (nSPS) is 12.4. The standard InChI is InChI=1S/C21H20N2O6S/c24-14-16(13-21(25)26)23-30(27,28)20-9-2-1-8-19(20)29-12-10-15-5-3-7-18-17(15)6-4-11-22-18/h1-9,11,14,16,23H,10,12-13H2,(H,25,26). The lowest BCUT2D eigenvalue weighted by Gasteiger charge is -2.15. The number of pyridine rings is 1. The number of para-hydroxylation sites is 1. The number of fused-ring (bicyclic) bond motifs is 1. The molecule has 0 spiro atoms. The lowest BCUT2D eigenvalue weighted by molar-refractivity contribution is -0.138. The number of aromatic nitrogens is 1. The van der Waals surface area contributed by atoms with E-state index in [1.807, 2.05) is 30.3 Å². The summed E-state index contributed by atoms with van der Waals surface area (Å²) in [6.45, 7) is 0.215. The maximum atomic E-state index is 12.7. The van der Waals surface area contributed by atoms with Crippen LogP contribution >= 0.6 is 0 Å². The second kappa shape index (κ2) is 9.47. The van der Waals surface area contributed by atoms with Gasteiger partial charge in [0.25, 0.3) is 0 Å². The van der Waals surface area contributed by atoms with Gasteiger partial charge >= 0.3 is 5.97 Å². The first kappa shape index (κ1) is 21.4. The van der Waals surface area contributed by atoms with Crippen LogP contribution in [0, 0.1) is 0 Å². The molecule has 0 aliphatic heterocycles. The van der Waals surface area contributed by atoms with Gasteiger partial charge in [-0.25, -0.2) is 13.1 Å². The van der Waals surface area contributed by atoms with Crippen molar-refractivity contribution < 1.29 is 27.9 Å². The Morgan fingerprint density at radius 1 is 1.13 bits per heavy atom. The maximum Gasteiger partial charge on any atom is 0.305 e. The summed E-state index contributed by atoms with van der Waals surface area (Å²) < 4.78 is 33.1. The number of carboxylic acids is 1. The number of ether oxygens (including phenoxy) is 1. The minimum atomic E-state index is -4.16. The summed E-state index contributed by atoms with van der Waals surface area (Å²) in [5.41, 5.74) is 1.88. The number of sulfonamides is 1. The van der Waals surface area contributed by atoms with Crippen LogP contribution < -0.4 is 9.46 Å². The number of rotatable bonds is 10. The summed E-state index contributed by atoms with van der Waals surface area (Å²) in [6.07, 6.45) is 1.85. The van der Waals surface area contributed by atoms with E-state index in [0.29, 0.717) is 6.42 Å². The Morgan fingerprint density at radius 2 is 1.93 bits per heavy atom. The molecule has 30 heavy (non-hydrogen) atoms. The highest BCUT2D eigenvalue weighted by Gasteiger charge is 2.24. The fraction of sp³-hybridized carbons (Fsp3) is 0.190. The van der Waals surface area contributed by atoms with Crippen molar-refractivity contribution in [3.63, 3.8) is 0 Å². The van der Waals surface area contributed by atoms with E-state index in [-0.39, 0.29) is 23.5 Å². The minimum Gasteiger partial charge on any atom is -0.492 e. The third-order valence-corrected chi connectivity index (χ3v) is 5.90. The molecule has 1 heterocycles. The molecule has 3 aromatic rings. The Kier molecular flexibility index (Phi) is 6.76. The summed E-state index contributed by atoms with van der Waals surface area (Å²) in [6, 6.07) is 14.2. The number of hydrogen-bond donors (Lipinski definition) is 2. The van der Waals surface area contributed by atoms with Crippen LogP contribution in [0.4, 0.5) is 0 Å². The van der Waals surface area contributed by atoms with E-state index in [9.17, 15) is 18.0 Å². The Hall–Kier alpha value is -3.30. The second-order valence-corrected chi connectivity index (χ2v) is 8.18. The van der Waals surface area contributed by atoms with Crippen LogP contribution in [0.15, 0.2) is 65.7 Å². The first-order valence-corrected chi connectivity index (χ1v) is 10.6. The topological polar surface area (TPSA) is 123 Å². The van der Waals surface area contributed by atoms with Gasteiger partial charge in [0.15, 0.2) is 0 Å². The van der Waals surface area contributed by atoms with Gasteiger partial charge in [0.1, 0.15) is 16.9 Å². The van der Waals surface area contributed by atoms with Crippen molar-refractivity contribution >= 4 is 33.2 Å². The van der Waals surface area contributed by atoms with Crippen molar-refractivity contribution in [2.45, 2.75) is 23.8 Å². The summed E-state index contributed by atoms with van der Waals surface area (Å²) in [5.74, 6) is -1.17. The molecule has 2 aromatic carbocycles. The van der Waals surface area contributed by atoms with Gasteiger partial charge in [-0.15, -0.1) is 0 Å². The summed E-state index contributed by atoms with van der Waals surface area (Å²) in [4.78, 5) is 26.0. The fourth-order valence-corrected chi connectivity index (χ4v) is 4.33. The van der Waals surface area contributed by atoms with Crippen LogP contribution in [-0.4, -0.2) is 43.4 Å². The molecule has 156 valence electrons. The van der Waals surface area contributed by atoms with E-state index in [1.54, 1.807) is 12.3 Å². The first-order chi connectivity index (χ1) is 14.4. The summed E-state index contributed by atoms with van der Waals surface area (Å²) in [5, 5.41) is 9.81. The van der Waals surface area contributed by atoms with E-state index in [1.165, 1.54) is 18.2 Å². The van der Waals surface area contributed by atoms with Crippen molar-refractivity contribution in [3.05, 3.63) is 66.4 Å². The van der Waals surface area contributed by atoms with Crippen molar-refractivity contribution in [1.29, 1.82) is 0 Å². The third kappa shape index (κ3) is 5.19. The molecule has 1 aromatic heterocycles. The van der Waals surface area contributed by atoms with Crippen molar-refractivity contribution in [3.8, 4) is 5.75 Å². The molecule has 0 amide bonds. The maximum absolute atomic E-state index is 12.7. The first-order valence-electron chi connectivity index (χ1n) is 9.14. The summed E-state index contributed by atoms with van der Waals surface area (Å²) in [7, 11) is -4.16. The number of nitrogens with one attached hydrogen (secondary N) is 1. The Labute approximate surface area is 173 Å². The number of nitrogens with zero attached hydrogens (tertiary/aromatic N) is 1. The van der Waals surface area contributed by atoms with E-state index in [4.69, 9.17) is 9.84 Å². The van der Waals surface area contributed by atoms with Gasteiger partial charge in [-0.1, -0.05) is 30.3 Å². The van der Waals surface area contributed by atoms with Crippen LogP contribution in [0.25, 0.3) is 10.9 Å². The Balaban J connectivity index is 1.75. The van der Waals surface area contributed by atoms with E-state index >= 15 is 0 Å². The number of hydrogen-bond acceptors (Lipinski definition) is 6. The van der Waals surface area contributed by atoms with Crippen molar-refractivity contribution in [2.75, 3.05) is 6.61 Å². The van der Waals surface area contributed by atoms with Crippen LogP contribution in [0.3, 0.4) is 0 Å². The minimum absolute atomic E-state index is 0.114. The molecule has 2 N–H and O–H groups in total. The average molecular weight is 428 g/mol. The average Bonchev–Trinajstić information content (AvgIpc) is 2.73. The van der Waals surface area contributed by atoms with Crippen LogP contribution in [0.1, 0.15) is 12.0 Å². The highest BCUT2D eigenvalue weighted by molar-refractivity contribution is 7.89. The molecule has 8 nitrogen and oxygen atoms in total. The second-order valence-electron chi connectivity index (χ2n) is 6.49. The van der Waals surface area contributed by atoms with Gasteiger partial charge in [0, 0.05) is 18.0 Å². The largest absolute Gasteiger partial charge is 0.492 e. The third-order valence-electron chi connectivity index (χ3n) is 4.37. The molecule has 0 saturated carbocycles. The lowest BCUT2D eigenvalue weighted by Crippen LogP contribution is -2.37. The molecular formula is C21H20N2O6S. The highest BCUT2D eigenvalue weighted by Crippen LogP contribution is 2.24. The number of aliphatic carboxylic acids is 1. The zero-order valence-electron chi connectivity index (χ0n) is 15.9. The molecule has 1 atom stereocenters. The van der Waals surface area contributed by atoms with Gasteiger partial charge < -0.3 is 14.6 Å². The predicted octanol–water partition coefficient (Wildman–Crippen LogP) is 2.18. The molecule has 9 heteroatoms. The van der Waals surface area contributed by atoms with Crippen LogP contribution in [0.2, 0.25) is 0 Å². The van der Waals surface area contributed by atoms with E-state index in [0.717, 1.165) is 16.5 Å². The van der Waals surface area contributed by atoms with Crippen LogP contribution in [0.5, 0.6) is 5.75 Å². The number of carbonyl (C=O) groups excluding carboxylic acids is 1. The quantitative estimate of drug-likeness (QED) is 0.475. The van der Waals surface area contributed by atoms with Crippen LogP contribution in [-0.2, 0) is 26.0 Å². The number of aldehydes is 1. The van der Waals surface area contributed by atoms with E-state index < -0.39 is 28.5 Å². The van der Waals surface area contributed by atoms with Gasteiger partial charge in [0.2, 0.25) is 10.0 Å². The smallest absolute Gasteiger partial charge is 0.305 e. The molecule has 0 saturated heterocycles. The Bertz CT molecular complexity index is 1160. The lowest BCUT2D eigenvalue weighted by atomic mass is 10.1. The molecule has 0 aliphatic rings. The molecule has 1 unspecified atom stereocenters. The molecule has 3 rings (SSSR count).